The Morgan fingerprint density at radius 2 is 1.95 bits per heavy atom. The number of carbonyl (C=O) groups is 1. The van der Waals surface area contributed by atoms with Crippen molar-refractivity contribution in [3.63, 3.8) is 0 Å². The summed E-state index contributed by atoms with van der Waals surface area (Å²) in [4.78, 5) is 11.6. The molecule has 1 aromatic rings. The van der Waals surface area contributed by atoms with E-state index in [4.69, 9.17) is 0 Å². The number of rotatable bonds is 9. The van der Waals surface area contributed by atoms with Crippen LogP contribution in [0.4, 0.5) is 0 Å². The minimum atomic E-state index is -3.31. The van der Waals surface area contributed by atoms with Gasteiger partial charge in [-0.2, -0.15) is 4.31 Å². The summed E-state index contributed by atoms with van der Waals surface area (Å²) >= 11 is 0. The molecule has 0 saturated carbocycles. The molecule has 1 aromatic carbocycles. The normalized spacial score (nSPS) is 11.6. The average Bonchev–Trinajstić information content (AvgIpc) is 2.45. The Kier molecular flexibility index (Phi) is 7.55. The van der Waals surface area contributed by atoms with Crippen molar-refractivity contribution in [2.75, 3.05) is 19.3 Å². The molecule has 0 saturated heterocycles. The molecule has 0 aliphatic rings. The van der Waals surface area contributed by atoms with Crippen molar-refractivity contribution in [3.05, 3.63) is 35.4 Å². The topological polar surface area (TPSA) is 66.5 Å². The van der Waals surface area contributed by atoms with E-state index in [0.717, 1.165) is 24.0 Å². The minimum Gasteiger partial charge on any atom is -0.355 e. The molecule has 0 spiro atoms. The van der Waals surface area contributed by atoms with Crippen LogP contribution in [0, 0.1) is 6.92 Å². The summed E-state index contributed by atoms with van der Waals surface area (Å²) in [7, 11) is -3.31. The Morgan fingerprint density at radius 1 is 1.27 bits per heavy atom. The van der Waals surface area contributed by atoms with Gasteiger partial charge < -0.3 is 5.32 Å². The van der Waals surface area contributed by atoms with Crippen LogP contribution in [0.1, 0.15) is 37.3 Å². The van der Waals surface area contributed by atoms with Gasteiger partial charge in [0.2, 0.25) is 15.9 Å². The summed E-state index contributed by atoms with van der Waals surface area (Å²) in [6.45, 7) is 4.94. The van der Waals surface area contributed by atoms with Gasteiger partial charge in [-0.3, -0.25) is 4.79 Å². The van der Waals surface area contributed by atoms with Gasteiger partial charge in [0.05, 0.1) is 6.26 Å². The molecule has 0 radical (unpaired) electrons. The van der Waals surface area contributed by atoms with Crippen molar-refractivity contribution < 1.29 is 13.2 Å². The molecule has 0 aliphatic carbocycles. The maximum Gasteiger partial charge on any atom is 0.220 e. The first-order valence-corrected chi connectivity index (χ1v) is 9.45. The van der Waals surface area contributed by atoms with Crippen LogP contribution in [0.15, 0.2) is 24.3 Å². The molecule has 6 heteroatoms. The van der Waals surface area contributed by atoms with Gasteiger partial charge in [-0.1, -0.05) is 37.6 Å². The summed E-state index contributed by atoms with van der Waals surface area (Å²) in [5, 5.41) is 2.78. The first kappa shape index (κ1) is 18.6. The van der Waals surface area contributed by atoms with Gasteiger partial charge >= 0.3 is 0 Å². The van der Waals surface area contributed by atoms with E-state index in [1.165, 1.54) is 10.6 Å². The van der Waals surface area contributed by atoms with E-state index in [9.17, 15) is 13.2 Å². The van der Waals surface area contributed by atoms with Crippen molar-refractivity contribution >= 4 is 15.9 Å². The van der Waals surface area contributed by atoms with Crippen LogP contribution in [-0.4, -0.2) is 38.0 Å². The van der Waals surface area contributed by atoms with E-state index in [2.05, 4.69) is 5.32 Å². The fraction of sp³-hybridized carbons (Fsp3) is 0.562. The maximum atomic E-state index is 11.9. The van der Waals surface area contributed by atoms with Crippen molar-refractivity contribution in [2.45, 2.75) is 39.7 Å². The third-order valence-corrected chi connectivity index (χ3v) is 4.77. The first-order valence-electron chi connectivity index (χ1n) is 7.61. The summed E-state index contributed by atoms with van der Waals surface area (Å²) in [5.41, 5.74) is 2.04. The second-order valence-corrected chi connectivity index (χ2v) is 7.46. The van der Waals surface area contributed by atoms with Gasteiger partial charge in [-0.25, -0.2) is 8.42 Å². The van der Waals surface area contributed by atoms with Gasteiger partial charge in [0, 0.05) is 26.1 Å². The molecule has 22 heavy (non-hydrogen) atoms. The number of amides is 1. The number of carbonyl (C=O) groups excluding carboxylic acids is 1. The Balaban J connectivity index is 2.60. The largest absolute Gasteiger partial charge is 0.355 e. The molecular formula is C16H26N2O3S. The molecule has 0 heterocycles. The highest BCUT2D eigenvalue weighted by molar-refractivity contribution is 7.88. The lowest BCUT2D eigenvalue weighted by Gasteiger charge is -2.21. The van der Waals surface area contributed by atoms with E-state index in [-0.39, 0.29) is 12.5 Å². The number of aryl methyl sites for hydroxylation is 1. The highest BCUT2D eigenvalue weighted by Gasteiger charge is 2.17. The second kappa shape index (κ2) is 8.90. The summed E-state index contributed by atoms with van der Waals surface area (Å²) in [6, 6.07) is 7.71. The molecule has 1 N–H and O–H groups in total. The Labute approximate surface area is 133 Å². The SMILES string of the molecule is CCCCC(=O)NCCN(Cc1ccccc1C)S(C)(=O)=O. The van der Waals surface area contributed by atoms with Crippen LogP contribution in [0.2, 0.25) is 0 Å². The van der Waals surface area contributed by atoms with E-state index in [1.807, 2.05) is 38.1 Å². The fourth-order valence-electron chi connectivity index (χ4n) is 2.09. The van der Waals surface area contributed by atoms with Crippen LogP contribution >= 0.6 is 0 Å². The van der Waals surface area contributed by atoms with Crippen LogP contribution in [0.3, 0.4) is 0 Å². The molecule has 1 amide bonds. The van der Waals surface area contributed by atoms with E-state index in [0.29, 0.717) is 19.5 Å². The quantitative estimate of drug-likeness (QED) is 0.755. The molecule has 0 bridgehead atoms. The number of benzene rings is 1. The number of nitrogens with one attached hydrogen (secondary N) is 1. The average molecular weight is 326 g/mol. The standard InChI is InChI=1S/C16H26N2O3S/c1-4-5-10-16(19)17-11-12-18(22(3,20)21)13-15-9-7-6-8-14(15)2/h6-9H,4-5,10-13H2,1-3H3,(H,17,19). The van der Waals surface area contributed by atoms with Crippen molar-refractivity contribution in [1.82, 2.24) is 9.62 Å². The number of hydrogen-bond acceptors (Lipinski definition) is 3. The van der Waals surface area contributed by atoms with Gasteiger partial charge in [0.25, 0.3) is 0 Å². The van der Waals surface area contributed by atoms with Crippen LogP contribution in [-0.2, 0) is 21.4 Å². The smallest absolute Gasteiger partial charge is 0.220 e. The second-order valence-electron chi connectivity index (χ2n) is 5.48. The third-order valence-electron chi connectivity index (χ3n) is 3.52. The summed E-state index contributed by atoms with van der Waals surface area (Å²) in [6.07, 6.45) is 3.51. The zero-order chi connectivity index (χ0) is 16.6. The Hall–Kier alpha value is -1.40. The zero-order valence-corrected chi connectivity index (χ0v) is 14.4. The Bertz CT molecular complexity index is 585. The first-order chi connectivity index (χ1) is 10.3. The van der Waals surface area contributed by atoms with Gasteiger partial charge in [0.15, 0.2) is 0 Å². The van der Waals surface area contributed by atoms with Gasteiger partial charge in [-0.15, -0.1) is 0 Å². The van der Waals surface area contributed by atoms with Gasteiger partial charge in [0.1, 0.15) is 0 Å². The molecule has 0 unspecified atom stereocenters. The van der Waals surface area contributed by atoms with E-state index in [1.54, 1.807) is 0 Å². The van der Waals surface area contributed by atoms with E-state index < -0.39 is 10.0 Å². The summed E-state index contributed by atoms with van der Waals surface area (Å²) in [5.74, 6) is -0.0220. The van der Waals surface area contributed by atoms with Crippen molar-refractivity contribution in [3.8, 4) is 0 Å². The van der Waals surface area contributed by atoms with Crippen LogP contribution < -0.4 is 5.32 Å². The molecule has 0 aromatic heterocycles. The highest BCUT2D eigenvalue weighted by Crippen LogP contribution is 2.12. The predicted molar refractivity (Wildman–Crippen MR) is 89.0 cm³/mol. The highest BCUT2D eigenvalue weighted by atomic mass is 32.2. The lowest BCUT2D eigenvalue weighted by atomic mass is 10.1. The maximum absolute atomic E-state index is 11.9. The van der Waals surface area contributed by atoms with Crippen molar-refractivity contribution in [1.29, 1.82) is 0 Å². The van der Waals surface area contributed by atoms with Gasteiger partial charge in [-0.05, 0) is 24.5 Å². The molecule has 124 valence electrons. The Morgan fingerprint density at radius 3 is 2.55 bits per heavy atom. The van der Waals surface area contributed by atoms with Crippen LogP contribution in [0.5, 0.6) is 0 Å². The molecule has 0 fully saturated rings. The molecule has 0 aliphatic heterocycles. The summed E-state index contributed by atoms with van der Waals surface area (Å²) < 4.78 is 25.2. The molecular weight excluding hydrogens is 300 g/mol. The lowest BCUT2D eigenvalue weighted by molar-refractivity contribution is -0.121. The predicted octanol–water partition coefficient (Wildman–Crippen LogP) is 2.06. The van der Waals surface area contributed by atoms with E-state index >= 15 is 0 Å². The molecule has 1 rings (SSSR count). The molecule has 5 nitrogen and oxygen atoms in total. The lowest BCUT2D eigenvalue weighted by Crippen LogP contribution is -2.37. The monoisotopic (exact) mass is 326 g/mol. The number of nitrogens with zero attached hydrogens (tertiary/aromatic N) is 1. The third kappa shape index (κ3) is 6.58. The number of unbranched alkanes of at least 4 members (excludes halogenated alkanes) is 1. The van der Waals surface area contributed by atoms with Crippen molar-refractivity contribution in [2.24, 2.45) is 0 Å². The van der Waals surface area contributed by atoms with Crippen LogP contribution in [0.25, 0.3) is 0 Å². The molecule has 0 atom stereocenters. The number of hydrogen-bond donors (Lipinski definition) is 1. The minimum absolute atomic E-state index is 0.0220. The zero-order valence-electron chi connectivity index (χ0n) is 13.6. The number of sulfonamides is 1. The fourth-order valence-corrected chi connectivity index (χ4v) is 2.88.